The van der Waals surface area contributed by atoms with Gasteiger partial charge in [0.05, 0.1) is 0 Å². The smallest absolute Gasteiger partial charge is 0.298 e. The summed E-state index contributed by atoms with van der Waals surface area (Å²) in [6.07, 6.45) is -31.5. The molecule has 0 unspecified atom stereocenters. The van der Waals surface area contributed by atoms with Crippen molar-refractivity contribution in [2.24, 2.45) is 5.41 Å². The number of hydrogen-bond donors (Lipinski definition) is 0. The maximum Gasteiger partial charge on any atom is 0.419 e. The molecule has 0 atom stereocenters. The summed E-state index contributed by atoms with van der Waals surface area (Å²) < 4.78 is 145. The van der Waals surface area contributed by atoms with E-state index in [4.69, 9.17) is 0 Å². The van der Waals surface area contributed by atoms with Gasteiger partial charge in [0.1, 0.15) is 6.42 Å². The molecule has 0 aliphatic rings. The van der Waals surface area contributed by atoms with E-state index in [1.54, 1.807) is 0 Å². The van der Waals surface area contributed by atoms with Crippen molar-refractivity contribution in [2.75, 3.05) is 0 Å². The van der Waals surface area contributed by atoms with Crippen LogP contribution < -0.4 is 0 Å². The fourth-order valence-corrected chi connectivity index (χ4v) is 1.27. The van der Waals surface area contributed by atoms with E-state index in [-0.39, 0.29) is 0 Å². The first kappa shape index (κ1) is 18.8. The van der Waals surface area contributed by atoms with Crippen molar-refractivity contribution < 1.29 is 57.5 Å². The topological polar surface area (TPSA) is 17.1 Å². The Labute approximate surface area is 101 Å². The molecule has 0 aliphatic heterocycles. The van der Waals surface area contributed by atoms with Crippen LogP contribution in [0.4, 0.5) is 52.7 Å². The molecule has 1 nitrogen and oxygen atoms in total. The van der Waals surface area contributed by atoms with E-state index < -0.39 is 42.3 Å². The van der Waals surface area contributed by atoms with Crippen LogP contribution >= 0.6 is 0 Å². The van der Waals surface area contributed by atoms with E-state index >= 15 is 0 Å². The summed E-state index contributed by atoms with van der Waals surface area (Å²) in [6, 6.07) is 0. The fourth-order valence-electron chi connectivity index (χ4n) is 1.27. The Morgan fingerprint density at radius 2 is 0.850 bits per heavy atom. The standard InChI is InChI=1S/C7H2F12O/c8-3(9,10)1-2(20)4(5(11,12)13,6(14,15)16)7(17,18)19/h1H2. The van der Waals surface area contributed by atoms with Crippen LogP contribution in [0.25, 0.3) is 0 Å². The lowest BCUT2D eigenvalue weighted by molar-refractivity contribution is -0.407. The molecule has 0 radical (unpaired) electrons. The quantitative estimate of drug-likeness (QED) is 0.694. The van der Waals surface area contributed by atoms with Crippen molar-refractivity contribution in [3.05, 3.63) is 0 Å². The summed E-state index contributed by atoms with van der Waals surface area (Å²) in [6.45, 7) is 0. The minimum Gasteiger partial charge on any atom is -0.298 e. The van der Waals surface area contributed by atoms with Crippen LogP contribution in [0.15, 0.2) is 0 Å². The van der Waals surface area contributed by atoms with Crippen molar-refractivity contribution in [3.63, 3.8) is 0 Å². The van der Waals surface area contributed by atoms with E-state index in [1.165, 1.54) is 0 Å². The van der Waals surface area contributed by atoms with Crippen LogP contribution in [0.5, 0.6) is 0 Å². The first-order valence-corrected chi connectivity index (χ1v) is 4.18. The molecule has 0 rings (SSSR count). The minimum absolute atomic E-state index is 3.52. The number of Topliss-reactive ketones (excluding diaryl/α,β-unsaturated/α-hetero) is 1. The normalized spacial score (nSPS) is 15.4. The Hall–Kier alpha value is -1.17. The van der Waals surface area contributed by atoms with Gasteiger partial charge >= 0.3 is 30.1 Å². The summed E-state index contributed by atoms with van der Waals surface area (Å²) in [4.78, 5) is 10.5. The second-order valence-electron chi connectivity index (χ2n) is 3.46. The molecule has 0 N–H and O–H groups in total. The third kappa shape index (κ3) is 3.11. The molecule has 20 heavy (non-hydrogen) atoms. The van der Waals surface area contributed by atoms with Gasteiger partial charge in [0.25, 0.3) is 0 Å². The maximum absolute atomic E-state index is 12.2. The molecule has 0 saturated heterocycles. The SMILES string of the molecule is O=C(CC(F)(F)F)C(C(F)(F)F)(C(F)(F)F)C(F)(F)F. The lowest BCUT2D eigenvalue weighted by Gasteiger charge is -2.37. The van der Waals surface area contributed by atoms with Gasteiger partial charge in [0.2, 0.25) is 0 Å². The third-order valence-corrected chi connectivity index (χ3v) is 2.05. The number of ketones is 1. The summed E-state index contributed by atoms with van der Waals surface area (Å²) in [5.41, 5.74) is -7.08. The molecule has 0 saturated carbocycles. The lowest BCUT2D eigenvalue weighted by Crippen LogP contribution is -2.64. The average molecular weight is 330 g/mol. The molecular weight excluding hydrogens is 328 g/mol. The van der Waals surface area contributed by atoms with E-state index in [2.05, 4.69) is 0 Å². The predicted molar refractivity (Wildman–Crippen MR) is 36.3 cm³/mol. The van der Waals surface area contributed by atoms with Crippen molar-refractivity contribution in [1.29, 1.82) is 0 Å². The Kier molecular flexibility index (Phi) is 4.41. The van der Waals surface area contributed by atoms with Crippen LogP contribution in [0.1, 0.15) is 6.42 Å². The maximum atomic E-state index is 12.2. The van der Waals surface area contributed by atoms with Crippen molar-refractivity contribution in [3.8, 4) is 0 Å². The van der Waals surface area contributed by atoms with Gasteiger partial charge in [0.15, 0.2) is 5.78 Å². The van der Waals surface area contributed by atoms with E-state index in [0.29, 0.717) is 0 Å². The van der Waals surface area contributed by atoms with Gasteiger partial charge in [-0.25, -0.2) is 0 Å². The van der Waals surface area contributed by atoms with Gasteiger partial charge < -0.3 is 0 Å². The van der Waals surface area contributed by atoms with E-state index in [1.807, 2.05) is 0 Å². The average Bonchev–Trinajstić information content (AvgIpc) is 1.88. The van der Waals surface area contributed by atoms with Gasteiger partial charge in [-0.2, -0.15) is 52.7 Å². The highest BCUT2D eigenvalue weighted by atomic mass is 19.4. The Morgan fingerprint density at radius 3 is 1.00 bits per heavy atom. The summed E-state index contributed by atoms with van der Waals surface area (Å²) >= 11 is 0. The van der Waals surface area contributed by atoms with Gasteiger partial charge in [-0.1, -0.05) is 0 Å². The number of hydrogen-bond acceptors (Lipinski definition) is 1. The monoisotopic (exact) mass is 330 g/mol. The minimum atomic E-state index is -7.33. The molecule has 0 aliphatic carbocycles. The zero-order valence-corrected chi connectivity index (χ0v) is 8.65. The Morgan fingerprint density at radius 1 is 0.600 bits per heavy atom. The Balaban J connectivity index is 6.28. The van der Waals surface area contributed by atoms with Crippen LogP contribution in [0.3, 0.4) is 0 Å². The van der Waals surface area contributed by atoms with Crippen molar-refractivity contribution in [1.82, 2.24) is 0 Å². The van der Waals surface area contributed by atoms with Crippen LogP contribution in [-0.2, 0) is 4.79 Å². The molecule has 13 heteroatoms. The molecule has 0 spiro atoms. The van der Waals surface area contributed by atoms with E-state index in [9.17, 15) is 57.5 Å². The summed E-state index contributed by atoms with van der Waals surface area (Å²) in [5.74, 6) is -4.09. The van der Waals surface area contributed by atoms with Gasteiger partial charge in [0, 0.05) is 0 Å². The molecular formula is C7H2F12O. The van der Waals surface area contributed by atoms with Crippen LogP contribution in [0.2, 0.25) is 0 Å². The number of rotatable bonds is 2. The van der Waals surface area contributed by atoms with Gasteiger partial charge in [-0.3, -0.25) is 4.79 Å². The Bertz CT molecular complexity index is 329. The van der Waals surface area contributed by atoms with E-state index in [0.717, 1.165) is 0 Å². The summed E-state index contributed by atoms with van der Waals surface area (Å²) in [5, 5.41) is 0. The van der Waals surface area contributed by atoms with Crippen LogP contribution in [0, 0.1) is 5.41 Å². The van der Waals surface area contributed by atoms with Crippen molar-refractivity contribution in [2.45, 2.75) is 31.1 Å². The van der Waals surface area contributed by atoms with Gasteiger partial charge in [-0.15, -0.1) is 0 Å². The first-order chi connectivity index (χ1) is 8.38. The highest BCUT2D eigenvalue weighted by molar-refractivity contribution is 5.88. The molecule has 0 bridgehead atoms. The molecule has 0 aromatic carbocycles. The second-order valence-corrected chi connectivity index (χ2v) is 3.46. The van der Waals surface area contributed by atoms with Crippen molar-refractivity contribution >= 4 is 5.78 Å². The zero-order valence-electron chi connectivity index (χ0n) is 8.65. The second kappa shape index (κ2) is 4.69. The van der Waals surface area contributed by atoms with Gasteiger partial charge in [-0.05, 0) is 0 Å². The predicted octanol–water partition coefficient (Wildman–Crippen LogP) is 4.18. The number of alkyl halides is 12. The molecule has 0 heterocycles. The lowest BCUT2D eigenvalue weighted by atomic mass is 9.79. The molecule has 120 valence electrons. The highest BCUT2D eigenvalue weighted by Gasteiger charge is 2.87. The first-order valence-electron chi connectivity index (χ1n) is 4.18. The molecule has 0 fully saturated rings. The molecule has 0 amide bonds. The highest BCUT2D eigenvalue weighted by Crippen LogP contribution is 2.60. The largest absolute Gasteiger partial charge is 0.419 e. The number of halogens is 12. The third-order valence-electron chi connectivity index (χ3n) is 2.05. The summed E-state index contributed by atoms with van der Waals surface area (Å²) in [7, 11) is 0. The number of carbonyl (C=O) groups is 1. The molecule has 0 aromatic heterocycles. The molecule has 0 aromatic rings. The fraction of sp³-hybridized carbons (Fsp3) is 0.857. The van der Waals surface area contributed by atoms with Crippen LogP contribution in [-0.4, -0.2) is 30.5 Å². The number of carbonyl (C=O) groups excluding carboxylic acids is 1. The zero-order chi connectivity index (χ0) is 16.8.